The predicted molar refractivity (Wildman–Crippen MR) is 102 cm³/mol. The van der Waals surface area contributed by atoms with Crippen LogP contribution in [0.4, 0.5) is 0 Å². The van der Waals surface area contributed by atoms with Gasteiger partial charge in [-0.05, 0) is 36.9 Å². The Morgan fingerprint density at radius 2 is 2.00 bits per heavy atom. The first-order valence-corrected chi connectivity index (χ1v) is 9.31. The van der Waals surface area contributed by atoms with Crippen LogP contribution in [0.1, 0.15) is 41.7 Å². The van der Waals surface area contributed by atoms with Gasteiger partial charge >= 0.3 is 0 Å². The molecule has 0 saturated carbocycles. The number of methoxy groups -OCH3 is 2. The molecule has 0 fully saturated rings. The summed E-state index contributed by atoms with van der Waals surface area (Å²) in [5, 5.41) is 9.42. The van der Waals surface area contributed by atoms with Gasteiger partial charge in [0.15, 0.2) is 0 Å². The van der Waals surface area contributed by atoms with E-state index in [0.29, 0.717) is 36.4 Å². The van der Waals surface area contributed by atoms with Crippen LogP contribution < -0.4 is 20.1 Å². The SMILES string of the molecule is COc1ccc(C(C)NC(=O)CCCNC(=O)c2ccsc2)c(OC)c1. The normalized spacial score (nSPS) is 11.5. The molecule has 0 radical (unpaired) electrons. The van der Waals surface area contributed by atoms with Gasteiger partial charge in [0.2, 0.25) is 5.91 Å². The molecule has 2 rings (SSSR count). The third-order valence-electron chi connectivity index (χ3n) is 3.93. The Balaban J connectivity index is 1.77. The molecule has 26 heavy (non-hydrogen) atoms. The highest BCUT2D eigenvalue weighted by molar-refractivity contribution is 7.08. The number of rotatable bonds is 9. The maximum atomic E-state index is 12.1. The lowest BCUT2D eigenvalue weighted by molar-refractivity contribution is -0.121. The van der Waals surface area contributed by atoms with Crippen LogP contribution >= 0.6 is 11.3 Å². The summed E-state index contributed by atoms with van der Waals surface area (Å²) >= 11 is 1.48. The maximum Gasteiger partial charge on any atom is 0.252 e. The first kappa shape index (κ1) is 19.8. The minimum Gasteiger partial charge on any atom is -0.497 e. The van der Waals surface area contributed by atoms with E-state index in [1.54, 1.807) is 31.7 Å². The molecule has 0 bridgehead atoms. The highest BCUT2D eigenvalue weighted by Gasteiger charge is 2.15. The maximum absolute atomic E-state index is 12.1. The van der Waals surface area contributed by atoms with Gasteiger partial charge in [0.1, 0.15) is 11.5 Å². The van der Waals surface area contributed by atoms with Gasteiger partial charge in [-0.15, -0.1) is 0 Å². The molecule has 6 nitrogen and oxygen atoms in total. The number of carbonyl (C=O) groups is 2. The van der Waals surface area contributed by atoms with Gasteiger partial charge in [0, 0.05) is 35.5 Å². The summed E-state index contributed by atoms with van der Waals surface area (Å²) in [5.74, 6) is 1.19. The lowest BCUT2D eigenvalue weighted by atomic mass is 10.1. The highest BCUT2D eigenvalue weighted by Crippen LogP contribution is 2.29. The average molecular weight is 376 g/mol. The summed E-state index contributed by atoms with van der Waals surface area (Å²) in [5.41, 5.74) is 1.53. The fraction of sp³-hybridized carbons (Fsp3) is 0.368. The molecule has 0 aliphatic rings. The number of hydrogen-bond acceptors (Lipinski definition) is 5. The molecule has 2 aromatic rings. The summed E-state index contributed by atoms with van der Waals surface area (Å²) < 4.78 is 10.6. The van der Waals surface area contributed by atoms with Crippen molar-refractivity contribution in [3.63, 3.8) is 0 Å². The molecule has 1 aromatic carbocycles. The van der Waals surface area contributed by atoms with Crippen molar-refractivity contribution in [3.8, 4) is 11.5 Å². The predicted octanol–water partition coefficient (Wildman–Crippen LogP) is 3.15. The summed E-state index contributed by atoms with van der Waals surface area (Å²) in [6.07, 6.45) is 0.918. The zero-order valence-corrected chi connectivity index (χ0v) is 16.0. The van der Waals surface area contributed by atoms with E-state index in [0.717, 1.165) is 5.56 Å². The fourth-order valence-corrected chi connectivity index (χ4v) is 3.15. The topological polar surface area (TPSA) is 76.7 Å². The van der Waals surface area contributed by atoms with Crippen LogP contribution in [0.25, 0.3) is 0 Å². The molecule has 2 amide bonds. The van der Waals surface area contributed by atoms with E-state index in [4.69, 9.17) is 9.47 Å². The van der Waals surface area contributed by atoms with Crippen molar-refractivity contribution < 1.29 is 19.1 Å². The van der Waals surface area contributed by atoms with Crippen molar-refractivity contribution in [2.24, 2.45) is 0 Å². The number of amides is 2. The molecule has 0 saturated heterocycles. The zero-order chi connectivity index (χ0) is 18.9. The summed E-state index contributed by atoms with van der Waals surface area (Å²) in [4.78, 5) is 23.9. The van der Waals surface area contributed by atoms with E-state index in [9.17, 15) is 9.59 Å². The van der Waals surface area contributed by atoms with Crippen LogP contribution in [-0.4, -0.2) is 32.6 Å². The number of thiophene rings is 1. The number of nitrogens with one attached hydrogen (secondary N) is 2. The van der Waals surface area contributed by atoms with E-state index >= 15 is 0 Å². The minimum atomic E-state index is -0.191. The lowest BCUT2D eigenvalue weighted by Gasteiger charge is -2.18. The minimum absolute atomic E-state index is 0.0693. The fourth-order valence-electron chi connectivity index (χ4n) is 2.51. The smallest absolute Gasteiger partial charge is 0.252 e. The van der Waals surface area contributed by atoms with Crippen LogP contribution in [0.2, 0.25) is 0 Å². The monoisotopic (exact) mass is 376 g/mol. The van der Waals surface area contributed by atoms with E-state index in [1.165, 1.54) is 11.3 Å². The molecule has 140 valence electrons. The van der Waals surface area contributed by atoms with Crippen molar-refractivity contribution in [2.75, 3.05) is 20.8 Å². The van der Waals surface area contributed by atoms with Crippen LogP contribution in [0.3, 0.4) is 0 Å². The first-order valence-electron chi connectivity index (χ1n) is 8.36. The Hall–Kier alpha value is -2.54. The molecular weight excluding hydrogens is 352 g/mol. The van der Waals surface area contributed by atoms with Crippen molar-refractivity contribution in [1.82, 2.24) is 10.6 Å². The standard InChI is InChI=1S/C19H24N2O4S/c1-13(16-7-6-15(24-2)11-17(16)25-3)21-18(22)5-4-9-20-19(23)14-8-10-26-12-14/h6-8,10-13H,4-5,9H2,1-3H3,(H,20,23)(H,21,22). The van der Waals surface area contributed by atoms with Crippen LogP contribution in [0.15, 0.2) is 35.0 Å². The van der Waals surface area contributed by atoms with Gasteiger partial charge in [0.25, 0.3) is 5.91 Å². The Kier molecular flexibility index (Phi) is 7.47. The van der Waals surface area contributed by atoms with Gasteiger partial charge in [0.05, 0.1) is 20.3 Å². The molecule has 1 unspecified atom stereocenters. The molecule has 2 N–H and O–H groups in total. The van der Waals surface area contributed by atoms with Gasteiger partial charge in [-0.2, -0.15) is 11.3 Å². The van der Waals surface area contributed by atoms with Crippen LogP contribution in [0, 0.1) is 0 Å². The molecule has 1 atom stereocenters. The Morgan fingerprint density at radius 3 is 2.65 bits per heavy atom. The Morgan fingerprint density at radius 1 is 1.19 bits per heavy atom. The number of ether oxygens (including phenoxy) is 2. The van der Waals surface area contributed by atoms with Crippen LogP contribution in [0.5, 0.6) is 11.5 Å². The second-order valence-electron chi connectivity index (χ2n) is 5.77. The third-order valence-corrected chi connectivity index (χ3v) is 4.62. The largest absolute Gasteiger partial charge is 0.497 e. The van der Waals surface area contributed by atoms with Crippen molar-refractivity contribution in [3.05, 3.63) is 46.2 Å². The second kappa shape index (κ2) is 9.82. The summed E-state index contributed by atoms with van der Waals surface area (Å²) in [6, 6.07) is 7.09. The molecular formula is C19H24N2O4S. The Labute approximate surface area is 157 Å². The average Bonchev–Trinajstić information content (AvgIpc) is 3.19. The second-order valence-corrected chi connectivity index (χ2v) is 6.55. The van der Waals surface area contributed by atoms with Gasteiger partial charge in [-0.3, -0.25) is 9.59 Å². The summed E-state index contributed by atoms with van der Waals surface area (Å²) in [7, 11) is 3.18. The van der Waals surface area contributed by atoms with Crippen molar-refractivity contribution in [1.29, 1.82) is 0 Å². The van der Waals surface area contributed by atoms with E-state index in [-0.39, 0.29) is 17.9 Å². The Bertz CT molecular complexity index is 731. The van der Waals surface area contributed by atoms with Crippen molar-refractivity contribution in [2.45, 2.75) is 25.8 Å². The molecule has 1 heterocycles. The number of benzene rings is 1. The molecule has 0 spiro atoms. The van der Waals surface area contributed by atoms with E-state index in [2.05, 4.69) is 10.6 Å². The third kappa shape index (κ3) is 5.49. The quantitative estimate of drug-likeness (QED) is 0.659. The first-order chi connectivity index (χ1) is 12.5. The van der Waals surface area contributed by atoms with E-state index in [1.807, 2.05) is 24.4 Å². The number of carbonyl (C=O) groups excluding carboxylic acids is 2. The van der Waals surface area contributed by atoms with E-state index < -0.39 is 0 Å². The lowest BCUT2D eigenvalue weighted by Crippen LogP contribution is -2.29. The van der Waals surface area contributed by atoms with Gasteiger partial charge in [-0.1, -0.05) is 0 Å². The molecule has 1 aromatic heterocycles. The molecule has 7 heteroatoms. The van der Waals surface area contributed by atoms with Gasteiger partial charge < -0.3 is 20.1 Å². The van der Waals surface area contributed by atoms with Crippen molar-refractivity contribution >= 4 is 23.2 Å². The van der Waals surface area contributed by atoms with Gasteiger partial charge in [-0.25, -0.2) is 0 Å². The molecule has 0 aliphatic heterocycles. The number of hydrogen-bond donors (Lipinski definition) is 2. The zero-order valence-electron chi connectivity index (χ0n) is 15.2. The summed E-state index contributed by atoms with van der Waals surface area (Å²) in [6.45, 7) is 2.36. The molecule has 0 aliphatic carbocycles. The van der Waals surface area contributed by atoms with Crippen LogP contribution in [-0.2, 0) is 4.79 Å². The highest BCUT2D eigenvalue weighted by atomic mass is 32.1.